The summed E-state index contributed by atoms with van der Waals surface area (Å²) in [7, 11) is 1.35. The third-order valence-corrected chi connectivity index (χ3v) is 5.57. The number of hydrogen-bond acceptors (Lipinski definition) is 6. The summed E-state index contributed by atoms with van der Waals surface area (Å²) in [5, 5.41) is 25.0. The van der Waals surface area contributed by atoms with Crippen molar-refractivity contribution in [3.8, 4) is 0 Å². The van der Waals surface area contributed by atoms with E-state index in [2.05, 4.69) is 16.8 Å². The summed E-state index contributed by atoms with van der Waals surface area (Å²) < 4.78 is 4.56. The SMILES string of the molecule is CCCCCC/C=C(/O)[C@H]1[C@@H]2C/C(=N/OCCC(=O)OC)C[C@@H]2C[C@@H]1O. The number of esters is 1. The molecule has 0 aromatic heterocycles. The predicted octanol–water partition coefficient (Wildman–Crippen LogP) is 3.74. The van der Waals surface area contributed by atoms with Gasteiger partial charge in [0.1, 0.15) is 6.61 Å². The molecule has 2 saturated carbocycles. The lowest BCUT2D eigenvalue weighted by Crippen LogP contribution is -2.22. The van der Waals surface area contributed by atoms with Crippen LogP contribution in [0.5, 0.6) is 0 Å². The Morgan fingerprint density at radius 1 is 1.31 bits per heavy atom. The van der Waals surface area contributed by atoms with E-state index < -0.39 is 6.10 Å². The summed E-state index contributed by atoms with van der Waals surface area (Å²) in [4.78, 5) is 16.3. The third-order valence-electron chi connectivity index (χ3n) is 5.57. The van der Waals surface area contributed by atoms with Crippen LogP contribution in [-0.2, 0) is 14.4 Å². The van der Waals surface area contributed by atoms with Crippen molar-refractivity contribution in [1.29, 1.82) is 0 Å². The molecule has 2 aliphatic carbocycles. The van der Waals surface area contributed by atoms with Gasteiger partial charge < -0.3 is 19.8 Å². The summed E-state index contributed by atoms with van der Waals surface area (Å²) in [6, 6.07) is 0. The number of carbonyl (C=O) groups is 1. The summed E-state index contributed by atoms with van der Waals surface area (Å²) in [5.74, 6) is 0.405. The Kier molecular flexibility index (Phi) is 8.42. The normalized spacial score (nSPS) is 29.8. The molecule has 2 N–H and O–H groups in total. The maximum atomic E-state index is 11.1. The number of rotatable bonds is 10. The number of allylic oxidation sites excluding steroid dienone is 1. The number of aliphatic hydroxyl groups is 2. The minimum atomic E-state index is -0.473. The Morgan fingerprint density at radius 3 is 2.85 bits per heavy atom. The molecule has 2 fully saturated rings. The van der Waals surface area contributed by atoms with Crippen molar-refractivity contribution in [1.82, 2.24) is 0 Å². The maximum absolute atomic E-state index is 11.1. The highest BCUT2D eigenvalue weighted by Gasteiger charge is 2.48. The van der Waals surface area contributed by atoms with Gasteiger partial charge in [-0.2, -0.15) is 0 Å². The molecule has 0 saturated heterocycles. The highest BCUT2D eigenvalue weighted by Crippen LogP contribution is 2.49. The lowest BCUT2D eigenvalue weighted by Gasteiger charge is -2.20. The number of unbranched alkanes of at least 4 members (excludes halogenated alkanes) is 4. The lowest BCUT2D eigenvalue weighted by molar-refractivity contribution is -0.141. The minimum absolute atomic E-state index is 0.184. The second-order valence-corrected chi connectivity index (χ2v) is 7.46. The van der Waals surface area contributed by atoms with Crippen molar-refractivity contribution in [2.45, 2.75) is 70.8 Å². The van der Waals surface area contributed by atoms with Crippen molar-refractivity contribution in [2.24, 2.45) is 22.9 Å². The maximum Gasteiger partial charge on any atom is 0.309 e. The van der Waals surface area contributed by atoms with E-state index in [0.717, 1.165) is 31.4 Å². The molecule has 0 aliphatic heterocycles. The fraction of sp³-hybridized carbons (Fsp3) is 0.800. The van der Waals surface area contributed by atoms with Gasteiger partial charge in [-0.25, -0.2) is 0 Å². The van der Waals surface area contributed by atoms with E-state index in [-0.39, 0.29) is 30.8 Å². The zero-order valence-electron chi connectivity index (χ0n) is 16.0. The van der Waals surface area contributed by atoms with Crippen molar-refractivity contribution in [3.05, 3.63) is 11.8 Å². The van der Waals surface area contributed by atoms with Crippen molar-refractivity contribution >= 4 is 11.7 Å². The third kappa shape index (κ3) is 5.73. The first-order valence-electron chi connectivity index (χ1n) is 9.88. The molecule has 4 atom stereocenters. The van der Waals surface area contributed by atoms with Gasteiger partial charge in [0.25, 0.3) is 0 Å². The van der Waals surface area contributed by atoms with Crippen LogP contribution in [-0.4, -0.2) is 41.7 Å². The number of ether oxygens (including phenoxy) is 1. The molecule has 0 aromatic carbocycles. The first-order chi connectivity index (χ1) is 12.6. The van der Waals surface area contributed by atoms with Crippen LogP contribution in [0.3, 0.4) is 0 Å². The van der Waals surface area contributed by atoms with Crippen molar-refractivity contribution < 1.29 is 24.6 Å². The van der Waals surface area contributed by atoms with Gasteiger partial charge in [-0.3, -0.25) is 4.79 Å². The zero-order chi connectivity index (χ0) is 18.9. The fourth-order valence-corrected chi connectivity index (χ4v) is 4.21. The topological polar surface area (TPSA) is 88.4 Å². The van der Waals surface area contributed by atoms with Gasteiger partial charge in [0, 0.05) is 5.92 Å². The number of methoxy groups -OCH3 is 1. The van der Waals surface area contributed by atoms with E-state index in [1.165, 1.54) is 26.4 Å². The first kappa shape index (κ1) is 20.7. The quantitative estimate of drug-likeness (QED) is 0.266. The number of nitrogens with zero attached hydrogens (tertiary/aromatic N) is 1. The summed E-state index contributed by atoms with van der Waals surface area (Å²) in [6.07, 6.45) is 9.38. The largest absolute Gasteiger partial charge is 0.512 e. The Morgan fingerprint density at radius 2 is 2.12 bits per heavy atom. The molecule has 0 unspecified atom stereocenters. The smallest absolute Gasteiger partial charge is 0.309 e. The zero-order valence-corrected chi connectivity index (χ0v) is 16.0. The second-order valence-electron chi connectivity index (χ2n) is 7.46. The van der Waals surface area contributed by atoms with E-state index in [1.54, 1.807) is 0 Å². The average Bonchev–Trinajstić information content (AvgIpc) is 3.13. The van der Waals surface area contributed by atoms with E-state index in [9.17, 15) is 15.0 Å². The van der Waals surface area contributed by atoms with Crippen LogP contribution >= 0.6 is 0 Å². The van der Waals surface area contributed by atoms with Crippen LogP contribution in [0, 0.1) is 17.8 Å². The van der Waals surface area contributed by atoms with E-state index in [4.69, 9.17) is 4.84 Å². The number of fused-ring (bicyclic) bond motifs is 1. The van der Waals surface area contributed by atoms with Crippen LogP contribution in [0.4, 0.5) is 0 Å². The van der Waals surface area contributed by atoms with Gasteiger partial charge >= 0.3 is 5.97 Å². The van der Waals surface area contributed by atoms with Crippen LogP contribution < -0.4 is 0 Å². The van der Waals surface area contributed by atoms with Gasteiger partial charge in [0.2, 0.25) is 0 Å². The molecule has 0 amide bonds. The molecule has 6 nitrogen and oxygen atoms in total. The Hall–Kier alpha value is -1.56. The van der Waals surface area contributed by atoms with Gasteiger partial charge in [-0.1, -0.05) is 31.3 Å². The molecule has 6 heteroatoms. The number of hydrogen-bond donors (Lipinski definition) is 2. The Bertz CT molecular complexity index is 516. The summed E-state index contributed by atoms with van der Waals surface area (Å²) in [5.41, 5.74) is 0.956. The standard InChI is InChI=1S/C20H33NO5/c1-3-4-5-6-7-8-17(22)20-16-13-15(11-14(16)12-18(20)23)21-26-10-9-19(24)25-2/h8,14,16,18,20,22-23H,3-7,9-13H2,1-2H3/b17-8+,21-15+/t14-,16-,18+,20-/m1/s1. The van der Waals surface area contributed by atoms with Gasteiger partial charge in [-0.15, -0.1) is 0 Å². The molecule has 0 heterocycles. The van der Waals surface area contributed by atoms with E-state index in [1.807, 2.05) is 6.08 Å². The van der Waals surface area contributed by atoms with Gasteiger partial charge in [-0.05, 0) is 50.0 Å². The molecule has 148 valence electrons. The van der Waals surface area contributed by atoms with Gasteiger partial charge in [0.05, 0.1) is 31.1 Å². The summed E-state index contributed by atoms with van der Waals surface area (Å²) in [6.45, 7) is 2.39. The van der Waals surface area contributed by atoms with Gasteiger partial charge in [0.15, 0.2) is 0 Å². The lowest BCUT2D eigenvalue weighted by atomic mass is 9.89. The molecule has 26 heavy (non-hydrogen) atoms. The highest BCUT2D eigenvalue weighted by atomic mass is 16.6. The Balaban J connectivity index is 1.83. The molecule has 2 rings (SSSR count). The van der Waals surface area contributed by atoms with E-state index in [0.29, 0.717) is 18.1 Å². The molecule has 2 aliphatic rings. The minimum Gasteiger partial charge on any atom is -0.512 e. The second kappa shape index (κ2) is 10.6. The van der Waals surface area contributed by atoms with Crippen LogP contribution in [0.1, 0.15) is 64.7 Å². The monoisotopic (exact) mass is 367 g/mol. The number of carbonyl (C=O) groups excluding carboxylic acids is 1. The van der Waals surface area contributed by atoms with Crippen molar-refractivity contribution in [3.63, 3.8) is 0 Å². The predicted molar refractivity (Wildman–Crippen MR) is 99.8 cm³/mol. The molecule has 0 aromatic rings. The molecule has 0 bridgehead atoms. The molecular formula is C20H33NO5. The van der Waals surface area contributed by atoms with E-state index >= 15 is 0 Å². The average molecular weight is 367 g/mol. The van der Waals surface area contributed by atoms with Crippen molar-refractivity contribution in [2.75, 3.05) is 13.7 Å². The van der Waals surface area contributed by atoms with Crippen LogP contribution in [0.15, 0.2) is 17.0 Å². The number of oxime groups is 1. The summed E-state index contributed by atoms with van der Waals surface area (Å²) >= 11 is 0. The molecular weight excluding hydrogens is 334 g/mol. The fourth-order valence-electron chi connectivity index (χ4n) is 4.21. The molecule has 0 radical (unpaired) electrons. The first-order valence-corrected chi connectivity index (χ1v) is 9.88. The number of aliphatic hydroxyl groups excluding tert-OH is 2. The van der Waals surface area contributed by atoms with Crippen LogP contribution in [0.2, 0.25) is 0 Å². The van der Waals surface area contributed by atoms with Crippen LogP contribution in [0.25, 0.3) is 0 Å². The Labute approximate surface area is 156 Å². The highest BCUT2D eigenvalue weighted by molar-refractivity contribution is 5.86. The molecule has 0 spiro atoms.